The molecular formula is C15H15BrClNO2. The van der Waals surface area contributed by atoms with E-state index in [1.54, 1.807) is 14.2 Å². The van der Waals surface area contributed by atoms with Gasteiger partial charge in [0.05, 0.1) is 25.3 Å². The lowest BCUT2D eigenvalue weighted by Crippen LogP contribution is -2.13. The highest BCUT2D eigenvalue weighted by atomic mass is 79.9. The van der Waals surface area contributed by atoms with E-state index >= 15 is 0 Å². The molecular weight excluding hydrogens is 342 g/mol. The number of halogens is 2. The summed E-state index contributed by atoms with van der Waals surface area (Å²) in [4.78, 5) is 0. The van der Waals surface area contributed by atoms with Gasteiger partial charge in [-0.1, -0.05) is 17.7 Å². The van der Waals surface area contributed by atoms with Crippen LogP contribution in [0.5, 0.6) is 11.5 Å². The van der Waals surface area contributed by atoms with Crippen molar-refractivity contribution in [3.63, 3.8) is 0 Å². The summed E-state index contributed by atoms with van der Waals surface area (Å²) < 4.78 is 11.4. The van der Waals surface area contributed by atoms with Gasteiger partial charge >= 0.3 is 0 Å². The van der Waals surface area contributed by atoms with E-state index in [0.29, 0.717) is 5.02 Å². The second-order valence-corrected chi connectivity index (χ2v) is 5.52. The molecule has 0 aliphatic carbocycles. The zero-order chi connectivity index (χ0) is 14.7. The highest BCUT2D eigenvalue weighted by molar-refractivity contribution is 9.10. The van der Waals surface area contributed by atoms with Crippen LogP contribution in [0.2, 0.25) is 5.02 Å². The molecule has 0 aliphatic heterocycles. The molecule has 3 nitrogen and oxygen atoms in total. The number of methoxy groups -OCH3 is 2. The van der Waals surface area contributed by atoms with Crippen molar-refractivity contribution in [2.24, 2.45) is 5.73 Å². The maximum absolute atomic E-state index is 6.34. The van der Waals surface area contributed by atoms with Gasteiger partial charge < -0.3 is 15.2 Å². The molecule has 0 saturated heterocycles. The number of hydrogen-bond acceptors (Lipinski definition) is 3. The number of benzene rings is 2. The van der Waals surface area contributed by atoms with Crippen molar-refractivity contribution in [1.29, 1.82) is 0 Å². The van der Waals surface area contributed by atoms with Crippen LogP contribution in [0.3, 0.4) is 0 Å². The maximum Gasteiger partial charge on any atom is 0.124 e. The van der Waals surface area contributed by atoms with E-state index in [2.05, 4.69) is 15.9 Å². The fourth-order valence-electron chi connectivity index (χ4n) is 1.97. The van der Waals surface area contributed by atoms with E-state index in [4.69, 9.17) is 26.8 Å². The highest BCUT2D eigenvalue weighted by Gasteiger charge is 2.16. The van der Waals surface area contributed by atoms with Gasteiger partial charge in [0.2, 0.25) is 0 Å². The first-order chi connectivity index (χ1) is 9.56. The van der Waals surface area contributed by atoms with Crippen LogP contribution >= 0.6 is 27.5 Å². The minimum atomic E-state index is -0.325. The van der Waals surface area contributed by atoms with E-state index < -0.39 is 0 Å². The molecule has 0 radical (unpaired) electrons. The minimum Gasteiger partial charge on any atom is -0.497 e. The number of rotatable bonds is 4. The Morgan fingerprint density at radius 3 is 2.45 bits per heavy atom. The Kier molecular flexibility index (Phi) is 4.91. The second-order valence-electron chi connectivity index (χ2n) is 4.26. The van der Waals surface area contributed by atoms with Gasteiger partial charge in [-0.05, 0) is 51.8 Å². The van der Waals surface area contributed by atoms with Gasteiger partial charge in [0.1, 0.15) is 11.5 Å². The molecule has 0 heterocycles. The average molecular weight is 357 g/mol. The normalized spacial score (nSPS) is 12.1. The summed E-state index contributed by atoms with van der Waals surface area (Å²) in [6, 6.07) is 10.9. The number of ether oxygens (including phenoxy) is 2. The Bertz CT molecular complexity index is 619. The molecule has 0 aliphatic rings. The van der Waals surface area contributed by atoms with Gasteiger partial charge in [-0.2, -0.15) is 0 Å². The van der Waals surface area contributed by atoms with Gasteiger partial charge in [0.15, 0.2) is 0 Å². The molecule has 2 aromatic rings. The first-order valence-electron chi connectivity index (χ1n) is 5.99. The van der Waals surface area contributed by atoms with E-state index in [9.17, 15) is 0 Å². The summed E-state index contributed by atoms with van der Waals surface area (Å²) in [5.74, 6) is 1.47. The average Bonchev–Trinajstić information content (AvgIpc) is 2.48. The molecule has 2 rings (SSSR count). The van der Waals surface area contributed by atoms with Gasteiger partial charge in [-0.3, -0.25) is 0 Å². The van der Waals surface area contributed by atoms with Crippen molar-refractivity contribution >= 4 is 27.5 Å². The van der Waals surface area contributed by atoms with Crippen LogP contribution in [-0.2, 0) is 0 Å². The van der Waals surface area contributed by atoms with Crippen molar-refractivity contribution in [2.45, 2.75) is 6.04 Å². The lowest BCUT2D eigenvalue weighted by molar-refractivity contribution is 0.397. The molecule has 106 valence electrons. The zero-order valence-corrected chi connectivity index (χ0v) is 13.5. The summed E-state index contributed by atoms with van der Waals surface area (Å²) in [6.07, 6.45) is 0. The number of hydrogen-bond donors (Lipinski definition) is 1. The van der Waals surface area contributed by atoms with E-state index in [0.717, 1.165) is 27.1 Å². The molecule has 2 N–H and O–H groups in total. The van der Waals surface area contributed by atoms with Crippen LogP contribution in [0.4, 0.5) is 0 Å². The molecule has 0 aromatic heterocycles. The maximum atomic E-state index is 6.34. The quantitative estimate of drug-likeness (QED) is 0.894. The fourth-order valence-corrected chi connectivity index (χ4v) is 2.48. The lowest BCUT2D eigenvalue weighted by atomic mass is 9.98. The van der Waals surface area contributed by atoms with E-state index in [1.165, 1.54) is 0 Å². The minimum absolute atomic E-state index is 0.325. The monoisotopic (exact) mass is 355 g/mol. The predicted molar refractivity (Wildman–Crippen MR) is 84.7 cm³/mol. The van der Waals surface area contributed by atoms with Gasteiger partial charge in [-0.25, -0.2) is 0 Å². The molecule has 2 aromatic carbocycles. The van der Waals surface area contributed by atoms with E-state index in [1.807, 2.05) is 36.4 Å². The van der Waals surface area contributed by atoms with Crippen LogP contribution in [0.1, 0.15) is 17.2 Å². The zero-order valence-electron chi connectivity index (χ0n) is 11.2. The fraction of sp³-hybridized carbons (Fsp3) is 0.200. The third-order valence-electron chi connectivity index (χ3n) is 3.07. The summed E-state index contributed by atoms with van der Waals surface area (Å²) in [5.41, 5.74) is 8.14. The highest BCUT2D eigenvalue weighted by Crippen LogP contribution is 2.33. The Balaban J connectivity index is 2.45. The second kappa shape index (κ2) is 6.48. The Labute approximate surface area is 131 Å². The molecule has 20 heavy (non-hydrogen) atoms. The van der Waals surface area contributed by atoms with Crippen molar-refractivity contribution in [2.75, 3.05) is 14.2 Å². The van der Waals surface area contributed by atoms with Crippen LogP contribution in [0, 0.1) is 0 Å². The smallest absolute Gasteiger partial charge is 0.124 e. The third kappa shape index (κ3) is 3.08. The van der Waals surface area contributed by atoms with Gasteiger partial charge in [0.25, 0.3) is 0 Å². The first kappa shape index (κ1) is 15.2. The summed E-state index contributed by atoms with van der Waals surface area (Å²) in [6.45, 7) is 0. The molecule has 0 fully saturated rings. The van der Waals surface area contributed by atoms with Crippen molar-refractivity contribution in [1.82, 2.24) is 0 Å². The van der Waals surface area contributed by atoms with Crippen molar-refractivity contribution < 1.29 is 9.47 Å². The van der Waals surface area contributed by atoms with Crippen LogP contribution in [-0.4, -0.2) is 14.2 Å². The molecule has 0 spiro atoms. The molecule has 5 heteroatoms. The third-order valence-corrected chi connectivity index (χ3v) is 4.29. The Morgan fingerprint density at radius 2 is 1.85 bits per heavy atom. The SMILES string of the molecule is COc1ccc(OC)c(C(N)c2ccc(Cl)c(Br)c2)c1. The van der Waals surface area contributed by atoms with Crippen molar-refractivity contribution in [3.8, 4) is 11.5 Å². The lowest BCUT2D eigenvalue weighted by Gasteiger charge is -2.17. The molecule has 1 unspecified atom stereocenters. The Morgan fingerprint density at radius 1 is 1.10 bits per heavy atom. The van der Waals surface area contributed by atoms with Crippen molar-refractivity contribution in [3.05, 3.63) is 57.0 Å². The summed E-state index contributed by atoms with van der Waals surface area (Å²) in [5, 5.41) is 0.651. The summed E-state index contributed by atoms with van der Waals surface area (Å²) >= 11 is 9.41. The largest absolute Gasteiger partial charge is 0.497 e. The number of nitrogens with two attached hydrogens (primary N) is 1. The Hall–Kier alpha value is -1.23. The first-order valence-corrected chi connectivity index (χ1v) is 7.16. The summed E-state index contributed by atoms with van der Waals surface area (Å²) in [7, 11) is 3.24. The van der Waals surface area contributed by atoms with Gasteiger partial charge in [0, 0.05) is 10.0 Å². The predicted octanol–water partition coefficient (Wildman–Crippen LogP) is 4.17. The molecule has 0 amide bonds. The van der Waals surface area contributed by atoms with Gasteiger partial charge in [-0.15, -0.1) is 0 Å². The standard InChI is InChI=1S/C15H15BrClNO2/c1-19-10-4-6-14(20-2)11(8-10)15(18)9-3-5-13(17)12(16)7-9/h3-8,15H,18H2,1-2H3. The molecule has 0 saturated carbocycles. The molecule has 0 bridgehead atoms. The molecule has 1 atom stereocenters. The topological polar surface area (TPSA) is 44.5 Å². The van der Waals surface area contributed by atoms with E-state index in [-0.39, 0.29) is 6.04 Å². The van der Waals surface area contributed by atoms with Crippen LogP contribution in [0.25, 0.3) is 0 Å². The van der Waals surface area contributed by atoms with Crippen LogP contribution in [0.15, 0.2) is 40.9 Å². The van der Waals surface area contributed by atoms with Crippen LogP contribution < -0.4 is 15.2 Å².